The number of hydrogen-bond acceptors (Lipinski definition) is 5. The maximum Gasteiger partial charge on any atom is 0.264 e. The first kappa shape index (κ1) is 22.2. The van der Waals surface area contributed by atoms with Gasteiger partial charge in [-0.05, 0) is 55.5 Å². The molecule has 8 heteroatoms. The zero-order valence-corrected chi connectivity index (χ0v) is 18.3. The van der Waals surface area contributed by atoms with E-state index < -0.39 is 10.0 Å². The number of amides is 1. The standard InChI is InChI=1S/C23H24N2O5S/c1-17-7-13-22(14-8-17)31(27,28)25(2)19-9-11-20(12-10-19)30-16-23(26)24-18-5-4-6-21(15-18)29-3/h4-15H,16H2,1-3H3,(H,24,26). The number of ether oxygens (including phenoxy) is 2. The summed E-state index contributed by atoms with van der Waals surface area (Å²) in [4.78, 5) is 12.3. The van der Waals surface area contributed by atoms with Crippen LogP contribution in [0.2, 0.25) is 0 Å². The molecule has 1 amide bonds. The highest BCUT2D eigenvalue weighted by Gasteiger charge is 2.21. The van der Waals surface area contributed by atoms with Crippen molar-refractivity contribution in [3.8, 4) is 11.5 Å². The van der Waals surface area contributed by atoms with Gasteiger partial charge in [0.2, 0.25) is 0 Å². The van der Waals surface area contributed by atoms with Gasteiger partial charge in [0.1, 0.15) is 11.5 Å². The molecule has 0 aliphatic carbocycles. The van der Waals surface area contributed by atoms with Gasteiger partial charge in [-0.3, -0.25) is 9.10 Å². The van der Waals surface area contributed by atoms with Crippen molar-refractivity contribution in [2.24, 2.45) is 0 Å². The van der Waals surface area contributed by atoms with E-state index >= 15 is 0 Å². The van der Waals surface area contributed by atoms with Crippen molar-refractivity contribution in [1.29, 1.82) is 0 Å². The summed E-state index contributed by atoms with van der Waals surface area (Å²) >= 11 is 0. The molecular formula is C23H24N2O5S. The lowest BCUT2D eigenvalue weighted by molar-refractivity contribution is -0.118. The highest BCUT2D eigenvalue weighted by atomic mass is 32.2. The number of sulfonamides is 1. The molecule has 3 aromatic rings. The summed E-state index contributed by atoms with van der Waals surface area (Å²) in [5.41, 5.74) is 2.07. The average molecular weight is 441 g/mol. The van der Waals surface area contributed by atoms with Crippen LogP contribution >= 0.6 is 0 Å². The fourth-order valence-corrected chi connectivity index (χ4v) is 4.00. The van der Waals surface area contributed by atoms with Crippen molar-refractivity contribution in [2.45, 2.75) is 11.8 Å². The van der Waals surface area contributed by atoms with Crippen LogP contribution in [0.15, 0.2) is 77.7 Å². The van der Waals surface area contributed by atoms with Gasteiger partial charge in [0.15, 0.2) is 6.61 Å². The lowest BCUT2D eigenvalue weighted by Crippen LogP contribution is -2.26. The number of carbonyl (C=O) groups excluding carboxylic acids is 1. The van der Waals surface area contributed by atoms with Crippen LogP contribution in [-0.4, -0.2) is 35.1 Å². The molecule has 0 bridgehead atoms. The van der Waals surface area contributed by atoms with E-state index in [1.54, 1.807) is 79.9 Å². The highest BCUT2D eigenvalue weighted by molar-refractivity contribution is 7.92. The van der Waals surface area contributed by atoms with Gasteiger partial charge in [-0.1, -0.05) is 23.8 Å². The van der Waals surface area contributed by atoms with Gasteiger partial charge < -0.3 is 14.8 Å². The first-order valence-electron chi connectivity index (χ1n) is 9.52. The van der Waals surface area contributed by atoms with Gasteiger partial charge in [0.25, 0.3) is 15.9 Å². The minimum atomic E-state index is -3.67. The smallest absolute Gasteiger partial charge is 0.264 e. The Morgan fingerprint density at radius 2 is 1.65 bits per heavy atom. The van der Waals surface area contributed by atoms with Gasteiger partial charge in [-0.15, -0.1) is 0 Å². The molecule has 0 unspecified atom stereocenters. The monoisotopic (exact) mass is 440 g/mol. The molecule has 0 aromatic heterocycles. The van der Waals surface area contributed by atoms with Crippen LogP contribution in [0.25, 0.3) is 0 Å². The Labute approximate surface area is 182 Å². The fourth-order valence-electron chi connectivity index (χ4n) is 2.81. The van der Waals surface area contributed by atoms with E-state index in [0.29, 0.717) is 22.9 Å². The van der Waals surface area contributed by atoms with E-state index in [4.69, 9.17) is 9.47 Å². The Balaban J connectivity index is 1.60. The first-order valence-corrected chi connectivity index (χ1v) is 11.0. The number of methoxy groups -OCH3 is 1. The van der Waals surface area contributed by atoms with Gasteiger partial charge in [-0.2, -0.15) is 0 Å². The summed E-state index contributed by atoms with van der Waals surface area (Å²) < 4.78 is 37.4. The molecule has 0 heterocycles. The largest absolute Gasteiger partial charge is 0.497 e. The molecular weight excluding hydrogens is 416 g/mol. The zero-order chi connectivity index (χ0) is 22.4. The number of nitrogens with zero attached hydrogens (tertiary/aromatic N) is 1. The molecule has 0 saturated heterocycles. The summed E-state index contributed by atoms with van der Waals surface area (Å²) in [7, 11) is -0.624. The molecule has 0 fully saturated rings. The molecule has 0 aliphatic rings. The number of aryl methyl sites for hydroxylation is 1. The minimum Gasteiger partial charge on any atom is -0.497 e. The van der Waals surface area contributed by atoms with Crippen LogP contribution in [0, 0.1) is 6.92 Å². The molecule has 31 heavy (non-hydrogen) atoms. The Morgan fingerprint density at radius 1 is 0.968 bits per heavy atom. The molecule has 0 spiro atoms. The van der Waals surface area contributed by atoms with Crippen LogP contribution < -0.4 is 19.1 Å². The summed E-state index contributed by atoms with van der Waals surface area (Å²) in [5.74, 6) is 0.765. The third-order valence-corrected chi connectivity index (χ3v) is 6.40. The van der Waals surface area contributed by atoms with Crippen LogP contribution in [0.4, 0.5) is 11.4 Å². The summed E-state index contributed by atoms with van der Waals surface area (Å²) in [6.45, 7) is 1.71. The number of nitrogens with one attached hydrogen (secondary N) is 1. The van der Waals surface area contributed by atoms with Gasteiger partial charge in [-0.25, -0.2) is 8.42 Å². The Hall–Kier alpha value is -3.52. The Kier molecular flexibility index (Phi) is 6.81. The maximum atomic E-state index is 12.8. The normalized spacial score (nSPS) is 10.9. The Morgan fingerprint density at radius 3 is 2.29 bits per heavy atom. The van der Waals surface area contributed by atoms with Crippen LogP contribution in [-0.2, 0) is 14.8 Å². The average Bonchev–Trinajstić information content (AvgIpc) is 2.78. The summed E-state index contributed by atoms with van der Waals surface area (Å²) in [6.07, 6.45) is 0. The van der Waals surface area contributed by atoms with Crippen molar-refractivity contribution >= 4 is 27.3 Å². The second kappa shape index (κ2) is 9.53. The van der Waals surface area contributed by atoms with Crippen molar-refractivity contribution in [3.63, 3.8) is 0 Å². The molecule has 0 saturated carbocycles. The number of anilines is 2. The third kappa shape index (κ3) is 5.55. The summed E-state index contributed by atoms with van der Waals surface area (Å²) in [5, 5.41) is 2.73. The SMILES string of the molecule is COc1cccc(NC(=O)COc2ccc(N(C)S(=O)(=O)c3ccc(C)cc3)cc2)c1. The fraction of sp³-hybridized carbons (Fsp3) is 0.174. The van der Waals surface area contributed by atoms with Gasteiger partial charge in [0, 0.05) is 18.8 Å². The van der Waals surface area contributed by atoms with Crippen molar-refractivity contribution in [3.05, 3.63) is 78.4 Å². The molecule has 0 radical (unpaired) electrons. The van der Waals surface area contributed by atoms with E-state index in [1.807, 2.05) is 6.92 Å². The minimum absolute atomic E-state index is 0.186. The first-order chi connectivity index (χ1) is 14.8. The third-order valence-electron chi connectivity index (χ3n) is 4.60. The maximum absolute atomic E-state index is 12.8. The van der Waals surface area contributed by atoms with E-state index in [-0.39, 0.29) is 17.4 Å². The number of carbonyl (C=O) groups is 1. The Bertz CT molecular complexity index is 1140. The second-order valence-corrected chi connectivity index (χ2v) is 8.82. The van der Waals surface area contributed by atoms with Gasteiger partial charge in [0.05, 0.1) is 17.7 Å². The number of rotatable bonds is 8. The van der Waals surface area contributed by atoms with Crippen LogP contribution in [0.3, 0.4) is 0 Å². The predicted octanol–water partition coefficient (Wildman–Crippen LogP) is 3.85. The predicted molar refractivity (Wildman–Crippen MR) is 120 cm³/mol. The summed E-state index contributed by atoms with van der Waals surface area (Å²) in [6, 6.07) is 20.2. The molecule has 1 N–H and O–H groups in total. The van der Waals surface area contributed by atoms with Gasteiger partial charge >= 0.3 is 0 Å². The second-order valence-electron chi connectivity index (χ2n) is 6.85. The van der Waals surface area contributed by atoms with E-state index in [0.717, 1.165) is 5.56 Å². The lowest BCUT2D eigenvalue weighted by Gasteiger charge is -2.20. The number of hydrogen-bond donors (Lipinski definition) is 1. The molecule has 0 aliphatic heterocycles. The quantitative estimate of drug-likeness (QED) is 0.575. The van der Waals surface area contributed by atoms with E-state index in [1.165, 1.54) is 11.4 Å². The topological polar surface area (TPSA) is 84.9 Å². The molecule has 0 atom stereocenters. The van der Waals surface area contributed by atoms with E-state index in [2.05, 4.69) is 5.32 Å². The molecule has 3 aromatic carbocycles. The molecule has 3 rings (SSSR count). The van der Waals surface area contributed by atoms with Crippen molar-refractivity contribution < 1.29 is 22.7 Å². The van der Waals surface area contributed by atoms with Crippen LogP contribution in [0.1, 0.15) is 5.56 Å². The van der Waals surface area contributed by atoms with Crippen molar-refractivity contribution in [1.82, 2.24) is 0 Å². The molecule has 7 nitrogen and oxygen atoms in total. The zero-order valence-electron chi connectivity index (χ0n) is 17.5. The molecule has 162 valence electrons. The van der Waals surface area contributed by atoms with Crippen molar-refractivity contribution in [2.75, 3.05) is 30.4 Å². The number of benzene rings is 3. The lowest BCUT2D eigenvalue weighted by atomic mass is 10.2. The van der Waals surface area contributed by atoms with E-state index in [9.17, 15) is 13.2 Å². The van der Waals surface area contributed by atoms with Crippen LogP contribution in [0.5, 0.6) is 11.5 Å². The highest BCUT2D eigenvalue weighted by Crippen LogP contribution is 2.24.